The van der Waals surface area contributed by atoms with Gasteiger partial charge in [0.2, 0.25) is 0 Å². The fourth-order valence-electron chi connectivity index (χ4n) is 3.76. The predicted octanol–water partition coefficient (Wildman–Crippen LogP) is 4.16. The fraction of sp³-hybridized carbons (Fsp3) is 0.143. The molecule has 5 amide bonds. The number of barbiturate groups is 1. The Morgan fingerprint density at radius 2 is 1.55 bits per heavy atom. The Kier molecular flexibility index (Phi) is 8.70. The highest BCUT2D eigenvalue weighted by molar-refractivity contribution is 9.10. The second kappa shape index (κ2) is 12.3. The maximum Gasteiger partial charge on any atom is 0.335 e. The topological polar surface area (TPSA) is 132 Å². The van der Waals surface area contributed by atoms with Crippen LogP contribution < -0.4 is 34.5 Å². The van der Waals surface area contributed by atoms with Crippen LogP contribution in [-0.4, -0.2) is 51.7 Å². The summed E-state index contributed by atoms with van der Waals surface area (Å²) in [5.74, 6) is -0.370. The molecule has 0 radical (unpaired) electrons. The second-order valence-electron chi connectivity index (χ2n) is 8.26. The van der Waals surface area contributed by atoms with Gasteiger partial charge in [-0.25, -0.2) is 9.69 Å². The molecule has 0 spiro atoms. The lowest BCUT2D eigenvalue weighted by molar-refractivity contribution is -0.122. The molecule has 1 saturated heterocycles. The molecule has 0 bridgehead atoms. The van der Waals surface area contributed by atoms with Gasteiger partial charge < -0.3 is 24.3 Å². The second-order valence-corrected chi connectivity index (χ2v) is 9.11. The minimum atomic E-state index is -0.868. The maximum atomic E-state index is 13.2. The summed E-state index contributed by atoms with van der Waals surface area (Å²) in [5.41, 5.74) is 0.968. The van der Waals surface area contributed by atoms with Crippen LogP contribution in [0.15, 0.2) is 70.7 Å². The first-order valence-electron chi connectivity index (χ1n) is 11.7. The molecular weight excluding hydrogens is 586 g/mol. The third kappa shape index (κ3) is 6.24. The van der Waals surface area contributed by atoms with E-state index >= 15 is 0 Å². The number of carbonyl (C=O) groups excluding carboxylic acids is 4. The third-order valence-electron chi connectivity index (χ3n) is 5.72. The Bertz CT molecular complexity index is 1490. The quantitative estimate of drug-likeness (QED) is 0.273. The molecule has 12 heteroatoms. The number of urea groups is 1. The van der Waals surface area contributed by atoms with Gasteiger partial charge >= 0.3 is 6.03 Å². The Morgan fingerprint density at radius 3 is 2.15 bits per heavy atom. The molecule has 0 atom stereocenters. The molecular formula is C28H24BrN3O8. The van der Waals surface area contributed by atoms with Crippen LogP contribution in [0.2, 0.25) is 0 Å². The number of nitrogens with zero attached hydrogens (tertiary/aromatic N) is 1. The summed E-state index contributed by atoms with van der Waals surface area (Å²) in [4.78, 5) is 51.5. The van der Waals surface area contributed by atoms with Crippen molar-refractivity contribution in [2.24, 2.45) is 0 Å². The Hall–Kier alpha value is -4.84. The van der Waals surface area contributed by atoms with E-state index in [1.807, 2.05) is 0 Å². The summed E-state index contributed by atoms with van der Waals surface area (Å²) in [7, 11) is 4.45. The maximum absolute atomic E-state index is 13.2. The van der Waals surface area contributed by atoms with E-state index < -0.39 is 23.8 Å². The Balaban J connectivity index is 1.53. The van der Waals surface area contributed by atoms with Gasteiger partial charge in [0.1, 0.15) is 17.1 Å². The van der Waals surface area contributed by atoms with Crippen molar-refractivity contribution in [2.45, 2.75) is 0 Å². The van der Waals surface area contributed by atoms with Gasteiger partial charge in [-0.2, -0.15) is 0 Å². The van der Waals surface area contributed by atoms with Crippen molar-refractivity contribution in [1.82, 2.24) is 5.32 Å². The molecule has 40 heavy (non-hydrogen) atoms. The highest BCUT2D eigenvalue weighted by atomic mass is 79.9. The number of halogens is 1. The van der Waals surface area contributed by atoms with Crippen LogP contribution in [0.25, 0.3) is 6.08 Å². The molecule has 11 nitrogen and oxygen atoms in total. The SMILES string of the molecule is COc1ccc(NC(=O)COc2c(Br)cc(/C=C3\C(=O)NC(=O)N(c4ccc(OC)cc4)C3=O)cc2OC)cc1. The Morgan fingerprint density at radius 1 is 0.925 bits per heavy atom. The van der Waals surface area contributed by atoms with Gasteiger partial charge in [0, 0.05) is 5.69 Å². The highest BCUT2D eigenvalue weighted by Crippen LogP contribution is 2.37. The van der Waals surface area contributed by atoms with Gasteiger partial charge in [0.15, 0.2) is 18.1 Å². The van der Waals surface area contributed by atoms with Crippen molar-refractivity contribution < 1.29 is 38.1 Å². The molecule has 0 aliphatic carbocycles. The first-order chi connectivity index (χ1) is 19.2. The number of anilines is 2. The number of imide groups is 2. The van der Waals surface area contributed by atoms with E-state index in [9.17, 15) is 19.2 Å². The van der Waals surface area contributed by atoms with E-state index in [1.54, 1.807) is 49.6 Å². The highest BCUT2D eigenvalue weighted by Gasteiger charge is 2.37. The number of carbonyl (C=O) groups is 4. The third-order valence-corrected chi connectivity index (χ3v) is 6.31. The van der Waals surface area contributed by atoms with E-state index in [1.165, 1.54) is 38.5 Å². The van der Waals surface area contributed by atoms with Crippen LogP contribution in [0, 0.1) is 0 Å². The van der Waals surface area contributed by atoms with Crippen molar-refractivity contribution >= 4 is 57.1 Å². The van der Waals surface area contributed by atoms with E-state index in [2.05, 4.69) is 26.6 Å². The van der Waals surface area contributed by atoms with E-state index in [0.717, 1.165) is 4.90 Å². The summed E-state index contributed by atoms with van der Waals surface area (Å²) in [6, 6.07) is 15.3. The lowest BCUT2D eigenvalue weighted by Gasteiger charge is -2.26. The van der Waals surface area contributed by atoms with Gasteiger partial charge in [0.05, 0.1) is 31.5 Å². The van der Waals surface area contributed by atoms with Crippen molar-refractivity contribution in [3.05, 3.63) is 76.3 Å². The summed E-state index contributed by atoms with van der Waals surface area (Å²) in [6.45, 7) is -0.318. The zero-order valence-electron chi connectivity index (χ0n) is 21.6. The van der Waals surface area contributed by atoms with Crippen molar-refractivity contribution in [3.8, 4) is 23.0 Å². The number of amides is 5. The molecule has 2 N–H and O–H groups in total. The summed E-state index contributed by atoms with van der Waals surface area (Å²) >= 11 is 3.40. The van der Waals surface area contributed by atoms with Crippen LogP contribution >= 0.6 is 15.9 Å². The van der Waals surface area contributed by atoms with Crippen LogP contribution in [0.3, 0.4) is 0 Å². The molecule has 4 rings (SSSR count). The predicted molar refractivity (Wildman–Crippen MR) is 150 cm³/mol. The van der Waals surface area contributed by atoms with Gasteiger partial charge in [-0.1, -0.05) is 0 Å². The summed E-state index contributed by atoms with van der Waals surface area (Å²) in [6.07, 6.45) is 1.33. The molecule has 3 aromatic carbocycles. The summed E-state index contributed by atoms with van der Waals surface area (Å²) in [5, 5.41) is 4.90. The molecule has 1 heterocycles. The zero-order valence-corrected chi connectivity index (χ0v) is 23.2. The Labute approximate surface area is 237 Å². The average molecular weight is 610 g/mol. The lowest BCUT2D eigenvalue weighted by atomic mass is 10.1. The number of benzene rings is 3. The molecule has 1 fully saturated rings. The van der Waals surface area contributed by atoms with Gasteiger partial charge in [0.25, 0.3) is 17.7 Å². The number of ether oxygens (including phenoxy) is 4. The molecule has 206 valence electrons. The smallest absolute Gasteiger partial charge is 0.335 e. The number of methoxy groups -OCH3 is 3. The standard InChI is InChI=1S/C28H24BrN3O8/c1-37-19-8-4-17(5-9-19)30-24(33)15-40-25-22(29)13-16(14-23(25)39-3)12-21-26(34)31-28(36)32(27(21)35)18-6-10-20(38-2)11-7-18/h4-14H,15H2,1-3H3,(H,30,33)(H,31,34,36)/b21-12+. The van der Waals surface area contributed by atoms with Gasteiger partial charge in [-0.3, -0.25) is 19.7 Å². The van der Waals surface area contributed by atoms with Gasteiger partial charge in [-0.05, 0) is 88.2 Å². The molecule has 1 aliphatic rings. The summed E-state index contributed by atoms with van der Waals surface area (Å²) < 4.78 is 21.7. The normalized spacial score (nSPS) is 14.1. The van der Waals surface area contributed by atoms with E-state index in [4.69, 9.17) is 18.9 Å². The van der Waals surface area contributed by atoms with Crippen molar-refractivity contribution in [3.63, 3.8) is 0 Å². The lowest BCUT2D eigenvalue weighted by Crippen LogP contribution is -2.54. The number of nitrogens with one attached hydrogen (secondary N) is 2. The molecule has 1 aliphatic heterocycles. The monoisotopic (exact) mass is 609 g/mol. The number of rotatable bonds is 9. The zero-order chi connectivity index (χ0) is 28.8. The number of hydrogen-bond acceptors (Lipinski definition) is 8. The molecule has 0 unspecified atom stereocenters. The number of hydrogen-bond donors (Lipinski definition) is 2. The van der Waals surface area contributed by atoms with Crippen LogP contribution in [0.5, 0.6) is 23.0 Å². The molecule has 0 aromatic heterocycles. The average Bonchev–Trinajstić information content (AvgIpc) is 2.95. The van der Waals surface area contributed by atoms with Gasteiger partial charge in [-0.15, -0.1) is 0 Å². The van der Waals surface area contributed by atoms with Crippen LogP contribution in [0.4, 0.5) is 16.2 Å². The van der Waals surface area contributed by atoms with E-state index in [0.29, 0.717) is 27.2 Å². The van der Waals surface area contributed by atoms with Crippen LogP contribution in [0.1, 0.15) is 5.56 Å². The minimum Gasteiger partial charge on any atom is -0.497 e. The van der Waals surface area contributed by atoms with Crippen molar-refractivity contribution in [2.75, 3.05) is 38.2 Å². The fourth-order valence-corrected chi connectivity index (χ4v) is 4.34. The first-order valence-corrected chi connectivity index (χ1v) is 12.5. The van der Waals surface area contributed by atoms with Crippen molar-refractivity contribution in [1.29, 1.82) is 0 Å². The minimum absolute atomic E-state index is 0.240. The first kappa shape index (κ1) is 28.2. The molecule has 0 saturated carbocycles. The van der Waals surface area contributed by atoms with E-state index in [-0.39, 0.29) is 29.4 Å². The molecule has 3 aromatic rings. The van der Waals surface area contributed by atoms with Crippen LogP contribution in [-0.2, 0) is 14.4 Å². The largest absolute Gasteiger partial charge is 0.497 e.